The van der Waals surface area contributed by atoms with Crippen molar-refractivity contribution in [3.8, 4) is 0 Å². The molecule has 2 heterocycles. The molecule has 2 aliphatic heterocycles. The second kappa shape index (κ2) is 19.8. The van der Waals surface area contributed by atoms with Crippen molar-refractivity contribution in [3.05, 3.63) is 0 Å². The maximum Gasteiger partial charge on any atom is 0.319 e. The number of ketones is 1. The molecule has 0 aromatic rings. The van der Waals surface area contributed by atoms with Crippen molar-refractivity contribution in [1.82, 2.24) is 9.80 Å². The minimum atomic E-state index is -0.788. The number of carbonyl (C=O) groups is 2. The van der Waals surface area contributed by atoms with Crippen molar-refractivity contribution in [3.63, 3.8) is 0 Å². The lowest BCUT2D eigenvalue weighted by atomic mass is 10.1. The Hall–Kier alpha value is -0.440. The number of nitrogens with zero attached hydrogens (tertiary/aromatic N) is 2. The third-order valence-corrected chi connectivity index (χ3v) is 7.97. The van der Waals surface area contributed by atoms with E-state index in [0.717, 1.165) is 35.2 Å². The monoisotopic (exact) mass is 540 g/mol. The lowest BCUT2D eigenvalue weighted by Gasteiger charge is -2.29. The lowest BCUT2D eigenvalue weighted by Crippen LogP contribution is -2.37. The van der Waals surface area contributed by atoms with Gasteiger partial charge in [0.05, 0.1) is 4.99 Å². The molecule has 5 nitrogen and oxygen atoms in total. The molecule has 2 fully saturated rings. The van der Waals surface area contributed by atoms with Crippen LogP contribution < -0.4 is 0 Å². The summed E-state index contributed by atoms with van der Waals surface area (Å²) in [5.74, 6) is -0.521. The van der Waals surface area contributed by atoms with E-state index >= 15 is 0 Å². The van der Waals surface area contributed by atoms with Gasteiger partial charge in [-0.15, -0.1) is 12.4 Å². The van der Waals surface area contributed by atoms with Gasteiger partial charge in [0.2, 0.25) is 0 Å². The number of Topliss-reactive ketones (excluding diaryl/α,β-unsaturated/α-hetero) is 1. The molecule has 0 spiro atoms. The number of carboxylic acid groups (broad SMARTS) is 1. The van der Waals surface area contributed by atoms with Crippen LogP contribution >= 0.6 is 48.6 Å². The Balaban J connectivity index is 0. The molecule has 0 radical (unpaired) electrons. The topological polar surface area (TPSA) is 60.9 Å². The number of rotatable bonds is 4. The van der Waals surface area contributed by atoms with Gasteiger partial charge in [0.1, 0.15) is 14.9 Å². The highest BCUT2D eigenvalue weighted by Crippen LogP contribution is 2.32. The first kappa shape index (κ1) is 34.7. The normalized spacial score (nSPS) is 17.8. The standard InChI is InChI=1S/C12H21NO2S2.C8H15NS.C4H8O.ClH/c1-3-12(2,10(14)15)17-11(16)13-8-6-4-5-7-9-13;1-8(10)9-6-4-2-3-5-7-9;1-3-4(2)5;/h3-9H2,1-2H3,(H,14,15);2-7H2,1H3;3H2,1-2H3;1H. The fraction of sp³-hybridized carbons (Fsp3) is 0.833. The summed E-state index contributed by atoms with van der Waals surface area (Å²) in [7, 11) is 0. The molecule has 0 saturated carbocycles. The zero-order chi connectivity index (χ0) is 24.6. The number of carboxylic acids is 1. The zero-order valence-corrected chi connectivity index (χ0v) is 24.5. The van der Waals surface area contributed by atoms with Gasteiger partial charge >= 0.3 is 5.97 Å². The highest BCUT2D eigenvalue weighted by molar-refractivity contribution is 8.24. The number of thiocarbonyl (C=S) groups is 2. The van der Waals surface area contributed by atoms with Crippen molar-refractivity contribution >= 4 is 69.7 Å². The maximum atomic E-state index is 11.2. The predicted octanol–water partition coefficient (Wildman–Crippen LogP) is 6.75. The average Bonchev–Trinajstić information content (AvgIpc) is 3.20. The molecule has 0 amide bonds. The third kappa shape index (κ3) is 16.0. The number of aliphatic carboxylic acids is 1. The maximum absolute atomic E-state index is 11.2. The zero-order valence-electron chi connectivity index (χ0n) is 21.2. The molecule has 33 heavy (non-hydrogen) atoms. The van der Waals surface area contributed by atoms with Gasteiger partial charge in [-0.25, -0.2) is 0 Å². The first-order valence-corrected chi connectivity index (χ1v) is 13.7. The molecule has 0 aromatic carbocycles. The number of halogens is 1. The Morgan fingerprint density at radius 2 is 1.21 bits per heavy atom. The van der Waals surface area contributed by atoms with Crippen LogP contribution in [0, 0.1) is 0 Å². The van der Waals surface area contributed by atoms with E-state index in [1.165, 1.54) is 63.4 Å². The van der Waals surface area contributed by atoms with Crippen LogP contribution in [0.3, 0.4) is 0 Å². The van der Waals surface area contributed by atoms with Gasteiger partial charge in [0.15, 0.2) is 0 Å². The van der Waals surface area contributed by atoms with E-state index in [1.807, 2.05) is 20.8 Å². The molecule has 1 unspecified atom stereocenters. The highest BCUT2D eigenvalue weighted by Gasteiger charge is 2.34. The first-order chi connectivity index (χ1) is 15.1. The van der Waals surface area contributed by atoms with Crippen LogP contribution in [0.1, 0.15) is 98.8 Å². The molecular formula is C24H45ClN2O3S3. The van der Waals surface area contributed by atoms with E-state index in [0.29, 0.717) is 12.8 Å². The number of carbonyl (C=O) groups excluding carboxylic acids is 1. The van der Waals surface area contributed by atoms with Crippen molar-refractivity contribution in [2.75, 3.05) is 26.2 Å². The van der Waals surface area contributed by atoms with Crippen LogP contribution in [0.2, 0.25) is 0 Å². The number of thioether (sulfide) groups is 1. The van der Waals surface area contributed by atoms with Gasteiger partial charge in [-0.3, -0.25) is 4.79 Å². The number of hydrogen-bond donors (Lipinski definition) is 1. The minimum absolute atomic E-state index is 0. The van der Waals surface area contributed by atoms with Crippen LogP contribution in [0.15, 0.2) is 0 Å². The molecule has 2 aliphatic rings. The van der Waals surface area contributed by atoms with Gasteiger partial charge in [0, 0.05) is 32.6 Å². The molecule has 194 valence electrons. The fourth-order valence-corrected chi connectivity index (χ4v) is 5.01. The van der Waals surface area contributed by atoms with Crippen LogP contribution in [0.4, 0.5) is 0 Å². The number of likely N-dealkylation sites (tertiary alicyclic amines) is 2. The van der Waals surface area contributed by atoms with Gasteiger partial charge < -0.3 is 19.7 Å². The van der Waals surface area contributed by atoms with E-state index in [-0.39, 0.29) is 18.2 Å². The fourth-order valence-electron chi connectivity index (χ4n) is 3.16. The van der Waals surface area contributed by atoms with Gasteiger partial charge in [0.25, 0.3) is 0 Å². The van der Waals surface area contributed by atoms with Crippen LogP contribution in [-0.2, 0) is 9.59 Å². The second-order valence-electron chi connectivity index (χ2n) is 8.63. The Bertz CT molecular complexity index is 592. The molecule has 9 heteroatoms. The smallest absolute Gasteiger partial charge is 0.319 e. The van der Waals surface area contributed by atoms with E-state index in [2.05, 4.69) is 9.80 Å². The summed E-state index contributed by atoms with van der Waals surface area (Å²) in [5, 5.41) is 9.24. The summed E-state index contributed by atoms with van der Waals surface area (Å²) in [6.45, 7) is 13.4. The Morgan fingerprint density at radius 1 is 0.848 bits per heavy atom. The molecule has 1 atom stereocenters. The summed E-state index contributed by atoms with van der Waals surface area (Å²) in [4.78, 5) is 26.6. The van der Waals surface area contributed by atoms with Gasteiger partial charge in [-0.2, -0.15) is 0 Å². The SMILES string of the molecule is CC(=S)N1CCCCCC1.CCC(C)(SC(=S)N1CCCCCC1)C(=O)O.CCC(C)=O.Cl. The molecule has 0 aliphatic carbocycles. The quantitative estimate of drug-likeness (QED) is 0.393. The molecule has 1 N–H and O–H groups in total. The van der Waals surface area contributed by atoms with Crippen molar-refractivity contribution in [2.45, 2.75) is 104 Å². The predicted molar refractivity (Wildman–Crippen MR) is 153 cm³/mol. The Kier molecular flexibility index (Phi) is 20.9. The van der Waals surface area contributed by atoms with Gasteiger partial charge in [-0.05, 0) is 52.9 Å². The molecule has 0 bridgehead atoms. The largest absolute Gasteiger partial charge is 0.480 e. The molecule has 2 saturated heterocycles. The van der Waals surface area contributed by atoms with E-state index in [1.54, 1.807) is 13.8 Å². The van der Waals surface area contributed by atoms with Crippen LogP contribution in [0.25, 0.3) is 0 Å². The van der Waals surface area contributed by atoms with E-state index < -0.39 is 10.7 Å². The lowest BCUT2D eigenvalue weighted by molar-refractivity contribution is -0.139. The summed E-state index contributed by atoms with van der Waals surface area (Å²) < 4.78 is -0.0396. The second-order valence-corrected chi connectivity index (χ2v) is 11.4. The summed E-state index contributed by atoms with van der Waals surface area (Å²) in [5.41, 5.74) is 0. The van der Waals surface area contributed by atoms with E-state index in [4.69, 9.17) is 24.4 Å². The minimum Gasteiger partial charge on any atom is -0.480 e. The van der Waals surface area contributed by atoms with E-state index in [9.17, 15) is 14.7 Å². The summed E-state index contributed by atoms with van der Waals surface area (Å²) >= 11 is 11.8. The summed E-state index contributed by atoms with van der Waals surface area (Å²) in [6.07, 6.45) is 11.5. The molecule has 0 aromatic heterocycles. The van der Waals surface area contributed by atoms with Crippen molar-refractivity contribution in [1.29, 1.82) is 0 Å². The number of hydrogen-bond acceptors (Lipinski definition) is 5. The molecule has 2 rings (SSSR count). The van der Waals surface area contributed by atoms with Crippen LogP contribution in [-0.4, -0.2) is 66.9 Å². The average molecular weight is 541 g/mol. The molecular weight excluding hydrogens is 496 g/mol. The Morgan fingerprint density at radius 3 is 1.48 bits per heavy atom. The highest BCUT2D eigenvalue weighted by atomic mass is 35.5. The van der Waals surface area contributed by atoms with Gasteiger partial charge in [-0.1, -0.05) is 75.7 Å². The summed E-state index contributed by atoms with van der Waals surface area (Å²) in [6, 6.07) is 0. The third-order valence-electron chi connectivity index (χ3n) is 5.85. The first-order valence-electron chi connectivity index (χ1n) is 12.0. The van der Waals surface area contributed by atoms with Crippen molar-refractivity contribution in [2.24, 2.45) is 0 Å². The van der Waals surface area contributed by atoms with Crippen LogP contribution in [0.5, 0.6) is 0 Å². The van der Waals surface area contributed by atoms with Crippen molar-refractivity contribution < 1.29 is 14.7 Å². The Labute approximate surface area is 223 Å².